The molecule has 4 saturated carbocycles. The summed E-state index contributed by atoms with van der Waals surface area (Å²) >= 11 is 3.08. The quantitative estimate of drug-likeness (QED) is 0.495. The molecular weight excluding hydrogens is 442 g/mol. The highest BCUT2D eigenvalue weighted by atomic mass is 32.2. The first-order chi connectivity index (χ1) is 15.6. The van der Waals surface area contributed by atoms with Crippen LogP contribution in [-0.4, -0.2) is 26.2 Å². The number of anilines is 1. The van der Waals surface area contributed by atoms with E-state index in [0.29, 0.717) is 28.2 Å². The Bertz CT molecular complexity index is 1120. The molecule has 0 spiro atoms. The van der Waals surface area contributed by atoms with E-state index in [0.717, 1.165) is 27.7 Å². The highest BCUT2D eigenvalue weighted by Gasteiger charge is 2.53. The summed E-state index contributed by atoms with van der Waals surface area (Å²) in [7, 11) is 0. The fourth-order valence-corrected chi connectivity index (χ4v) is 8.19. The molecule has 0 radical (unpaired) electrons. The van der Waals surface area contributed by atoms with Crippen LogP contribution in [0.2, 0.25) is 0 Å². The minimum Gasteiger partial charge on any atom is -0.338 e. The number of amides is 1. The van der Waals surface area contributed by atoms with Gasteiger partial charge in [0.15, 0.2) is 5.82 Å². The van der Waals surface area contributed by atoms with E-state index in [1.165, 1.54) is 50.3 Å². The molecular formula is C23H25N5O2S2. The second kappa shape index (κ2) is 7.95. The van der Waals surface area contributed by atoms with Crippen LogP contribution in [0.5, 0.6) is 0 Å². The molecule has 0 unspecified atom stereocenters. The van der Waals surface area contributed by atoms with E-state index in [2.05, 4.69) is 25.7 Å². The minimum atomic E-state index is -0.164. The number of carbonyl (C=O) groups excluding carboxylic acids is 1. The topological polar surface area (TPSA) is 93.8 Å². The van der Waals surface area contributed by atoms with Crippen LogP contribution in [0, 0.1) is 24.7 Å². The predicted molar refractivity (Wildman–Crippen MR) is 123 cm³/mol. The monoisotopic (exact) mass is 467 g/mol. The number of hydrogen-bond acceptors (Lipinski definition) is 8. The van der Waals surface area contributed by atoms with Crippen molar-refractivity contribution in [2.45, 2.75) is 61.5 Å². The van der Waals surface area contributed by atoms with Crippen molar-refractivity contribution in [3.05, 3.63) is 46.6 Å². The third kappa shape index (κ3) is 3.75. The lowest BCUT2D eigenvalue weighted by Gasteiger charge is -2.55. The molecule has 0 saturated heterocycles. The Morgan fingerprint density at radius 2 is 1.88 bits per heavy atom. The van der Waals surface area contributed by atoms with E-state index in [1.807, 2.05) is 24.3 Å². The number of nitrogens with one attached hydrogen (secondary N) is 1. The molecule has 4 bridgehead atoms. The van der Waals surface area contributed by atoms with Gasteiger partial charge < -0.3 is 4.52 Å². The first-order valence-electron chi connectivity index (χ1n) is 11.2. The Labute approximate surface area is 194 Å². The SMILES string of the molecule is Cc1noc(CSc2ccccc2C(=O)Nc2nnc(C34CC5CC(CC(C5)C3)C4)s2)n1. The molecule has 0 atom stereocenters. The van der Waals surface area contributed by atoms with Gasteiger partial charge in [-0.25, -0.2) is 0 Å². The van der Waals surface area contributed by atoms with Crippen LogP contribution in [0.1, 0.15) is 65.6 Å². The van der Waals surface area contributed by atoms with Crippen molar-refractivity contribution in [1.82, 2.24) is 20.3 Å². The van der Waals surface area contributed by atoms with Gasteiger partial charge in [-0.2, -0.15) is 4.98 Å². The molecule has 2 heterocycles. The summed E-state index contributed by atoms with van der Waals surface area (Å²) in [5.41, 5.74) is 0.811. The van der Waals surface area contributed by atoms with Gasteiger partial charge in [0, 0.05) is 10.3 Å². The molecule has 7 nitrogen and oxygen atoms in total. The van der Waals surface area contributed by atoms with Gasteiger partial charge in [0.1, 0.15) is 5.01 Å². The Balaban J connectivity index is 1.17. The molecule has 7 rings (SSSR count). The van der Waals surface area contributed by atoms with E-state index in [9.17, 15) is 4.79 Å². The minimum absolute atomic E-state index is 0.164. The van der Waals surface area contributed by atoms with Gasteiger partial charge in [-0.1, -0.05) is 28.6 Å². The summed E-state index contributed by atoms with van der Waals surface area (Å²) < 4.78 is 5.19. The molecule has 1 aromatic carbocycles. The highest BCUT2D eigenvalue weighted by Crippen LogP contribution is 2.61. The molecule has 2 aromatic heterocycles. The van der Waals surface area contributed by atoms with Crippen LogP contribution in [-0.2, 0) is 11.2 Å². The molecule has 9 heteroatoms. The zero-order chi connectivity index (χ0) is 21.7. The first-order valence-corrected chi connectivity index (χ1v) is 13.0. The van der Waals surface area contributed by atoms with Gasteiger partial charge in [-0.05, 0) is 75.3 Å². The third-order valence-electron chi connectivity index (χ3n) is 7.19. The van der Waals surface area contributed by atoms with Gasteiger partial charge in [-0.3, -0.25) is 10.1 Å². The zero-order valence-electron chi connectivity index (χ0n) is 17.9. The number of aromatic nitrogens is 4. The molecule has 4 aliphatic rings. The van der Waals surface area contributed by atoms with Gasteiger partial charge in [0.25, 0.3) is 5.91 Å². The normalized spacial score (nSPS) is 28.2. The van der Waals surface area contributed by atoms with Crippen molar-refractivity contribution in [2.75, 3.05) is 5.32 Å². The summed E-state index contributed by atoms with van der Waals surface area (Å²) in [6.07, 6.45) is 7.94. The number of carbonyl (C=O) groups is 1. The second-order valence-corrected chi connectivity index (χ2v) is 11.6. The highest BCUT2D eigenvalue weighted by molar-refractivity contribution is 7.98. The van der Waals surface area contributed by atoms with Crippen LogP contribution in [0.3, 0.4) is 0 Å². The van der Waals surface area contributed by atoms with Gasteiger partial charge in [-0.15, -0.1) is 22.0 Å². The number of rotatable bonds is 6. The smallest absolute Gasteiger partial charge is 0.258 e. The molecule has 32 heavy (non-hydrogen) atoms. The number of aryl methyl sites for hydroxylation is 1. The molecule has 1 amide bonds. The van der Waals surface area contributed by atoms with Gasteiger partial charge in [0.2, 0.25) is 11.0 Å². The standard InChI is InChI=1S/C23H25N5O2S2/c1-13-24-19(30-28-13)12-31-18-5-3-2-4-17(18)20(29)25-22-27-26-21(32-22)23-9-14-6-15(10-23)8-16(7-14)11-23/h2-5,14-16H,6-12H2,1H3,(H,25,27,29). The van der Waals surface area contributed by atoms with E-state index in [1.54, 1.807) is 18.3 Å². The lowest BCUT2D eigenvalue weighted by atomic mass is 9.50. The average Bonchev–Trinajstić information content (AvgIpc) is 3.41. The molecule has 1 N–H and O–H groups in total. The fourth-order valence-electron chi connectivity index (χ4n) is 6.34. The van der Waals surface area contributed by atoms with Crippen molar-refractivity contribution in [1.29, 1.82) is 0 Å². The van der Waals surface area contributed by atoms with Crippen molar-refractivity contribution in [2.24, 2.45) is 17.8 Å². The van der Waals surface area contributed by atoms with Crippen molar-refractivity contribution in [3.63, 3.8) is 0 Å². The van der Waals surface area contributed by atoms with Crippen molar-refractivity contribution >= 4 is 34.1 Å². The van der Waals surface area contributed by atoms with E-state index in [-0.39, 0.29) is 11.3 Å². The van der Waals surface area contributed by atoms with Crippen molar-refractivity contribution in [3.8, 4) is 0 Å². The Kier molecular flexibility index (Phi) is 5.06. The summed E-state index contributed by atoms with van der Waals surface area (Å²) in [5.74, 6) is 4.08. The summed E-state index contributed by atoms with van der Waals surface area (Å²) in [4.78, 5) is 18.2. The Morgan fingerprint density at radius 1 is 1.16 bits per heavy atom. The maximum absolute atomic E-state index is 13.1. The van der Waals surface area contributed by atoms with E-state index >= 15 is 0 Å². The van der Waals surface area contributed by atoms with Crippen LogP contribution in [0.15, 0.2) is 33.7 Å². The number of benzene rings is 1. The van der Waals surface area contributed by atoms with Crippen LogP contribution < -0.4 is 5.32 Å². The zero-order valence-corrected chi connectivity index (χ0v) is 19.5. The first kappa shape index (κ1) is 20.4. The largest absolute Gasteiger partial charge is 0.338 e. The summed E-state index contributed by atoms with van der Waals surface area (Å²) in [6, 6.07) is 7.56. The second-order valence-electron chi connectivity index (χ2n) is 9.58. The Hall–Kier alpha value is -2.26. The van der Waals surface area contributed by atoms with Crippen LogP contribution >= 0.6 is 23.1 Å². The maximum Gasteiger partial charge on any atom is 0.258 e. The maximum atomic E-state index is 13.1. The van der Waals surface area contributed by atoms with E-state index in [4.69, 9.17) is 4.52 Å². The third-order valence-corrected chi connectivity index (χ3v) is 9.33. The molecule has 4 aliphatic carbocycles. The average molecular weight is 468 g/mol. The molecule has 4 fully saturated rings. The van der Waals surface area contributed by atoms with Crippen LogP contribution in [0.25, 0.3) is 0 Å². The fraction of sp³-hybridized carbons (Fsp3) is 0.522. The lowest BCUT2D eigenvalue weighted by Crippen LogP contribution is -2.48. The number of thioether (sulfide) groups is 1. The number of hydrogen-bond donors (Lipinski definition) is 1. The summed E-state index contributed by atoms with van der Waals surface area (Å²) in [5, 5.41) is 17.5. The summed E-state index contributed by atoms with van der Waals surface area (Å²) in [6.45, 7) is 1.79. The molecule has 166 valence electrons. The van der Waals surface area contributed by atoms with Gasteiger partial charge >= 0.3 is 0 Å². The number of nitrogens with zero attached hydrogens (tertiary/aromatic N) is 4. The predicted octanol–water partition coefficient (Wildman–Crippen LogP) is 5.24. The lowest BCUT2D eigenvalue weighted by molar-refractivity contribution is -0.00555. The molecule has 0 aliphatic heterocycles. The molecule has 3 aromatic rings. The van der Waals surface area contributed by atoms with Crippen LogP contribution in [0.4, 0.5) is 5.13 Å². The van der Waals surface area contributed by atoms with E-state index < -0.39 is 0 Å². The van der Waals surface area contributed by atoms with Gasteiger partial charge in [0.05, 0.1) is 11.3 Å². The van der Waals surface area contributed by atoms with Crippen molar-refractivity contribution < 1.29 is 9.32 Å². The Morgan fingerprint density at radius 3 is 2.56 bits per heavy atom.